The van der Waals surface area contributed by atoms with Crippen LogP contribution in [0, 0.1) is 5.92 Å². The van der Waals surface area contributed by atoms with Crippen LogP contribution in [-0.2, 0) is 9.53 Å². The fourth-order valence-corrected chi connectivity index (χ4v) is 2.29. The lowest BCUT2D eigenvalue weighted by Crippen LogP contribution is -2.29. The summed E-state index contributed by atoms with van der Waals surface area (Å²) in [6.45, 7) is 0.597. The van der Waals surface area contributed by atoms with Gasteiger partial charge < -0.3 is 9.84 Å². The van der Waals surface area contributed by atoms with Crippen LogP contribution in [0.1, 0.15) is 24.5 Å². The Balaban J connectivity index is 2.30. The maximum absolute atomic E-state index is 11.1. The summed E-state index contributed by atoms with van der Waals surface area (Å²) in [5.74, 6) is -1.31. The molecule has 86 valence electrons. The van der Waals surface area contributed by atoms with Crippen molar-refractivity contribution in [3.8, 4) is 0 Å². The number of carboxylic acid groups (broad SMARTS) is 1. The van der Waals surface area contributed by atoms with Gasteiger partial charge in [-0.2, -0.15) is 0 Å². The van der Waals surface area contributed by atoms with Gasteiger partial charge in [0, 0.05) is 17.2 Å². The minimum absolute atomic E-state index is 0.417. The first-order valence-corrected chi connectivity index (χ1v) is 5.67. The number of benzene rings is 1. The molecule has 1 heterocycles. The smallest absolute Gasteiger partial charge is 0.309 e. The SMILES string of the molecule is O=C(O)C1CCCOC1c1ccccc1Cl. The summed E-state index contributed by atoms with van der Waals surface area (Å²) in [5, 5.41) is 9.71. The summed E-state index contributed by atoms with van der Waals surface area (Å²) in [5.41, 5.74) is 0.774. The topological polar surface area (TPSA) is 46.5 Å². The number of halogens is 1. The van der Waals surface area contributed by atoms with E-state index in [1.165, 1.54) is 0 Å². The summed E-state index contributed by atoms with van der Waals surface area (Å²) >= 11 is 6.05. The fraction of sp³-hybridized carbons (Fsp3) is 0.417. The second-order valence-electron chi connectivity index (χ2n) is 3.90. The molecule has 0 aromatic heterocycles. The Hall–Kier alpha value is -1.06. The molecule has 0 amide bonds. The molecule has 1 N–H and O–H groups in total. The summed E-state index contributed by atoms with van der Waals surface area (Å²) < 4.78 is 5.55. The lowest BCUT2D eigenvalue weighted by Gasteiger charge is -2.29. The highest BCUT2D eigenvalue weighted by Crippen LogP contribution is 2.36. The molecule has 0 saturated carbocycles. The molecule has 3 nitrogen and oxygen atoms in total. The van der Waals surface area contributed by atoms with Gasteiger partial charge in [-0.25, -0.2) is 0 Å². The average molecular weight is 241 g/mol. The molecule has 1 aliphatic heterocycles. The molecule has 1 aliphatic rings. The quantitative estimate of drug-likeness (QED) is 0.865. The van der Waals surface area contributed by atoms with E-state index in [-0.39, 0.29) is 0 Å². The van der Waals surface area contributed by atoms with Gasteiger partial charge in [0.05, 0.1) is 12.0 Å². The molecule has 1 aromatic carbocycles. The molecular weight excluding hydrogens is 228 g/mol. The first-order chi connectivity index (χ1) is 7.70. The third kappa shape index (κ3) is 2.20. The van der Waals surface area contributed by atoms with Crippen LogP contribution in [0.2, 0.25) is 5.02 Å². The van der Waals surface area contributed by atoms with Crippen molar-refractivity contribution >= 4 is 17.6 Å². The fourth-order valence-electron chi connectivity index (χ4n) is 2.05. The zero-order valence-electron chi connectivity index (χ0n) is 8.73. The number of hydrogen-bond donors (Lipinski definition) is 1. The second-order valence-corrected chi connectivity index (χ2v) is 4.31. The molecule has 2 atom stereocenters. The number of aliphatic carboxylic acids is 1. The van der Waals surface area contributed by atoms with E-state index in [0.717, 1.165) is 12.0 Å². The Labute approximate surface area is 99.0 Å². The predicted molar refractivity (Wildman–Crippen MR) is 60.5 cm³/mol. The average Bonchev–Trinajstić information content (AvgIpc) is 2.29. The van der Waals surface area contributed by atoms with Crippen molar-refractivity contribution < 1.29 is 14.6 Å². The molecule has 0 radical (unpaired) electrons. The summed E-state index contributed by atoms with van der Waals surface area (Å²) in [6.07, 6.45) is 1.02. The normalized spacial score (nSPS) is 25.3. The van der Waals surface area contributed by atoms with Crippen molar-refractivity contribution in [3.63, 3.8) is 0 Å². The highest BCUT2D eigenvalue weighted by molar-refractivity contribution is 6.31. The molecule has 4 heteroatoms. The molecule has 1 aromatic rings. The maximum Gasteiger partial charge on any atom is 0.309 e. The third-order valence-corrected chi connectivity index (χ3v) is 3.20. The van der Waals surface area contributed by atoms with Crippen molar-refractivity contribution in [3.05, 3.63) is 34.9 Å². The van der Waals surface area contributed by atoms with Gasteiger partial charge in [0.25, 0.3) is 0 Å². The van der Waals surface area contributed by atoms with Gasteiger partial charge in [0.1, 0.15) is 0 Å². The predicted octanol–water partition coefficient (Wildman–Crippen LogP) is 2.89. The molecule has 1 saturated heterocycles. The first-order valence-electron chi connectivity index (χ1n) is 5.29. The van der Waals surface area contributed by atoms with Gasteiger partial charge in [-0.3, -0.25) is 4.79 Å². The van der Waals surface area contributed by atoms with Crippen LogP contribution >= 0.6 is 11.6 Å². The van der Waals surface area contributed by atoms with Crippen LogP contribution < -0.4 is 0 Å². The highest BCUT2D eigenvalue weighted by Gasteiger charge is 2.33. The van der Waals surface area contributed by atoms with Gasteiger partial charge in [-0.05, 0) is 18.9 Å². The summed E-state index contributed by atoms with van der Waals surface area (Å²) in [6, 6.07) is 7.25. The molecule has 16 heavy (non-hydrogen) atoms. The van der Waals surface area contributed by atoms with Crippen LogP contribution in [0.3, 0.4) is 0 Å². The number of carboxylic acids is 1. The largest absolute Gasteiger partial charge is 0.481 e. The van der Waals surface area contributed by atoms with E-state index in [1.807, 2.05) is 18.2 Å². The molecule has 0 spiro atoms. The van der Waals surface area contributed by atoms with Crippen molar-refractivity contribution in [2.75, 3.05) is 6.61 Å². The Morgan fingerprint density at radius 1 is 1.44 bits per heavy atom. The molecule has 0 aliphatic carbocycles. The van der Waals surface area contributed by atoms with E-state index in [1.54, 1.807) is 6.07 Å². The lowest BCUT2D eigenvalue weighted by atomic mass is 9.89. The van der Waals surface area contributed by atoms with Crippen LogP contribution in [0.15, 0.2) is 24.3 Å². The third-order valence-electron chi connectivity index (χ3n) is 2.85. The minimum atomic E-state index is -0.815. The number of ether oxygens (including phenoxy) is 1. The van der Waals surface area contributed by atoms with Gasteiger partial charge in [0.15, 0.2) is 0 Å². The molecule has 2 rings (SSSR count). The summed E-state index contributed by atoms with van der Waals surface area (Å²) in [4.78, 5) is 11.1. The van der Waals surface area contributed by atoms with Crippen LogP contribution in [0.5, 0.6) is 0 Å². The van der Waals surface area contributed by atoms with Crippen molar-refractivity contribution in [1.82, 2.24) is 0 Å². The van der Waals surface area contributed by atoms with Gasteiger partial charge >= 0.3 is 5.97 Å². The number of hydrogen-bond acceptors (Lipinski definition) is 2. The van der Waals surface area contributed by atoms with Crippen molar-refractivity contribution in [1.29, 1.82) is 0 Å². The van der Waals surface area contributed by atoms with E-state index in [9.17, 15) is 4.79 Å². The number of carbonyl (C=O) groups is 1. The van der Waals surface area contributed by atoms with Crippen LogP contribution in [0.4, 0.5) is 0 Å². The highest BCUT2D eigenvalue weighted by atomic mass is 35.5. The Bertz CT molecular complexity index is 392. The minimum Gasteiger partial charge on any atom is -0.481 e. The van der Waals surface area contributed by atoms with Gasteiger partial charge in [-0.1, -0.05) is 29.8 Å². The first kappa shape index (κ1) is 11.4. The zero-order chi connectivity index (χ0) is 11.5. The summed E-state index contributed by atoms with van der Waals surface area (Å²) in [7, 11) is 0. The van der Waals surface area contributed by atoms with Gasteiger partial charge in [0.2, 0.25) is 0 Å². The zero-order valence-corrected chi connectivity index (χ0v) is 9.48. The Kier molecular flexibility index (Phi) is 3.46. The Morgan fingerprint density at radius 2 is 2.19 bits per heavy atom. The molecule has 2 unspecified atom stereocenters. The Morgan fingerprint density at radius 3 is 2.88 bits per heavy atom. The molecule has 1 fully saturated rings. The van der Waals surface area contributed by atoms with E-state index in [2.05, 4.69) is 0 Å². The van der Waals surface area contributed by atoms with Crippen molar-refractivity contribution in [2.24, 2.45) is 5.92 Å². The molecular formula is C12H13ClO3. The maximum atomic E-state index is 11.1. The van der Waals surface area contributed by atoms with E-state index in [4.69, 9.17) is 21.4 Å². The van der Waals surface area contributed by atoms with E-state index in [0.29, 0.717) is 18.1 Å². The van der Waals surface area contributed by atoms with Crippen molar-refractivity contribution in [2.45, 2.75) is 18.9 Å². The standard InChI is InChI=1S/C12H13ClO3/c13-10-6-2-1-4-8(10)11-9(12(14)15)5-3-7-16-11/h1-2,4,6,9,11H,3,5,7H2,(H,14,15). The second kappa shape index (κ2) is 4.85. The van der Waals surface area contributed by atoms with Crippen LogP contribution in [-0.4, -0.2) is 17.7 Å². The van der Waals surface area contributed by atoms with E-state index >= 15 is 0 Å². The van der Waals surface area contributed by atoms with E-state index < -0.39 is 18.0 Å². The lowest BCUT2D eigenvalue weighted by molar-refractivity contribution is -0.151. The molecule has 0 bridgehead atoms. The monoisotopic (exact) mass is 240 g/mol. The number of rotatable bonds is 2. The van der Waals surface area contributed by atoms with Gasteiger partial charge in [-0.15, -0.1) is 0 Å². The van der Waals surface area contributed by atoms with Crippen LogP contribution in [0.25, 0.3) is 0 Å².